The van der Waals surface area contributed by atoms with Crippen LogP contribution < -0.4 is 27.2 Å². The summed E-state index contributed by atoms with van der Waals surface area (Å²) < 4.78 is 58.2. The molecule has 0 bridgehead atoms. The lowest BCUT2D eigenvalue weighted by Crippen LogP contribution is -2.45. The molecule has 5 rings (SSSR count). The Morgan fingerprint density at radius 2 is 1.34 bits per heavy atom. The number of esters is 1. The quantitative estimate of drug-likeness (QED) is 0.0246. The smallest absolute Gasteiger partial charge is 0.475 e. The number of phosphoric acid groups is 1. The predicted octanol–water partition coefficient (Wildman–Crippen LogP) is 8.42. The summed E-state index contributed by atoms with van der Waals surface area (Å²) in [6.07, 6.45) is 14.2. The Bertz CT molecular complexity index is 2780. The number of nitrogens with one attached hydrogen (secondary N) is 1. The van der Waals surface area contributed by atoms with Gasteiger partial charge in [-0.3, -0.25) is 46.9 Å². The van der Waals surface area contributed by atoms with Gasteiger partial charge >= 0.3 is 25.2 Å². The highest BCUT2D eigenvalue weighted by molar-refractivity contribution is 7.48. The lowest BCUT2D eigenvalue weighted by atomic mass is 10.0. The molecular formula is C55H80N5O16P. The third-order valence-corrected chi connectivity index (χ3v) is 15.5. The van der Waals surface area contributed by atoms with Crippen molar-refractivity contribution in [2.75, 3.05) is 33.0 Å². The molecular weight excluding hydrogens is 1020 g/mol. The lowest BCUT2D eigenvalue weighted by molar-refractivity contribution is -0.153. The second-order valence-corrected chi connectivity index (χ2v) is 21.9. The van der Waals surface area contributed by atoms with Crippen molar-refractivity contribution in [2.45, 2.75) is 207 Å². The summed E-state index contributed by atoms with van der Waals surface area (Å²) in [5, 5.41) is 10.2. The maximum absolute atomic E-state index is 14.4. The number of carbonyl (C=O) groups excluding carboxylic acids is 3. The molecule has 426 valence electrons. The van der Waals surface area contributed by atoms with Gasteiger partial charge in [0.2, 0.25) is 6.54 Å². The fourth-order valence-electron chi connectivity index (χ4n) is 9.37. The predicted molar refractivity (Wildman–Crippen MR) is 286 cm³/mol. The number of ether oxygens (including phenoxy) is 4. The first-order valence-corrected chi connectivity index (χ1v) is 28.8. The summed E-state index contributed by atoms with van der Waals surface area (Å²) in [6.45, 7) is 15.7. The number of ketones is 1. The van der Waals surface area contributed by atoms with Gasteiger partial charge in [-0.1, -0.05) is 103 Å². The molecule has 2 aliphatic heterocycles. The van der Waals surface area contributed by atoms with E-state index in [0.717, 1.165) is 34.0 Å². The molecule has 2 saturated heterocycles. The summed E-state index contributed by atoms with van der Waals surface area (Å²) in [4.78, 5) is 97.4. The van der Waals surface area contributed by atoms with Crippen LogP contribution in [0.15, 0.2) is 43.7 Å². The Morgan fingerprint density at radius 1 is 0.753 bits per heavy atom. The number of hydrogen-bond acceptors (Lipinski definition) is 16. The number of aliphatic hydroxyl groups excluding tert-OH is 1. The number of aliphatic hydroxyl groups is 1. The normalized spacial score (nSPS) is 20.0. The first-order valence-electron chi connectivity index (χ1n) is 27.4. The molecule has 0 saturated carbocycles. The summed E-state index contributed by atoms with van der Waals surface area (Å²) in [5.41, 5.74) is -1.59. The SMILES string of the molecule is [C-]#[N+]CCOP(=O)(OC[C@H]1O[C@@H](n2cc(C)c(=O)n(C(=O)c3cc(C)c(C)c(OCCCCCCCCCCCCCCCCCC)c3)c2=O)C[C@H]1OC(=O)CCC(C)=O)O[C@@H]1C[C@H](n2cc(C)c(=O)[nH]c2=O)O[C@@H]1CO. The number of aryl methyl sites for hydroxylation is 3. The zero-order valence-electron chi connectivity index (χ0n) is 45.8. The van der Waals surface area contributed by atoms with E-state index in [-0.39, 0.29) is 54.7 Å². The summed E-state index contributed by atoms with van der Waals surface area (Å²) in [7, 11) is -4.76. The van der Waals surface area contributed by atoms with Crippen LogP contribution in [0.3, 0.4) is 0 Å². The van der Waals surface area contributed by atoms with Crippen LogP contribution in [0.25, 0.3) is 4.85 Å². The number of carbonyl (C=O) groups is 3. The van der Waals surface area contributed by atoms with Gasteiger partial charge in [-0.15, -0.1) is 0 Å². The van der Waals surface area contributed by atoms with Gasteiger partial charge in [0, 0.05) is 48.3 Å². The molecule has 77 heavy (non-hydrogen) atoms. The number of benzene rings is 1. The Kier molecular flexibility index (Phi) is 25.4. The number of aromatic nitrogens is 4. The maximum atomic E-state index is 14.4. The molecule has 2 aliphatic rings. The van der Waals surface area contributed by atoms with Gasteiger partial charge in [-0.2, -0.15) is 4.57 Å². The van der Waals surface area contributed by atoms with E-state index < -0.39 is 98.9 Å². The first kappa shape index (κ1) is 62.5. The van der Waals surface area contributed by atoms with E-state index in [4.69, 9.17) is 39.1 Å². The fraction of sp³-hybridized carbons (Fsp3) is 0.673. The summed E-state index contributed by atoms with van der Waals surface area (Å²) in [5.74, 6) is -1.53. The molecule has 0 spiro atoms. The Morgan fingerprint density at radius 3 is 1.95 bits per heavy atom. The lowest BCUT2D eigenvalue weighted by Gasteiger charge is -2.25. The monoisotopic (exact) mass is 1100 g/mol. The second kappa shape index (κ2) is 31.3. The molecule has 2 fully saturated rings. The largest absolute Gasteiger partial charge is 0.493 e. The summed E-state index contributed by atoms with van der Waals surface area (Å²) in [6, 6.07) is 3.11. The van der Waals surface area contributed by atoms with Gasteiger partial charge in [0.15, 0.2) is 0 Å². The van der Waals surface area contributed by atoms with E-state index in [1.165, 1.54) is 123 Å². The van der Waals surface area contributed by atoms with Crippen LogP contribution in [-0.2, 0) is 41.9 Å². The highest BCUT2D eigenvalue weighted by Gasteiger charge is 2.46. The van der Waals surface area contributed by atoms with Crippen molar-refractivity contribution in [2.24, 2.45) is 0 Å². The average Bonchev–Trinajstić information content (AvgIpc) is 4.01. The van der Waals surface area contributed by atoms with Crippen molar-refractivity contribution in [3.05, 3.63) is 105 Å². The maximum Gasteiger partial charge on any atom is 0.475 e. The molecule has 0 radical (unpaired) electrons. The van der Waals surface area contributed by atoms with Crippen molar-refractivity contribution >= 4 is 25.5 Å². The van der Waals surface area contributed by atoms with Crippen LogP contribution in [0, 0.1) is 34.3 Å². The number of unbranched alkanes of at least 4 members (excludes halogenated alkanes) is 15. The number of rotatable bonds is 34. The Balaban J connectivity index is 1.26. The minimum absolute atomic E-state index is 0.000904. The van der Waals surface area contributed by atoms with Crippen molar-refractivity contribution in [1.29, 1.82) is 0 Å². The van der Waals surface area contributed by atoms with Crippen molar-refractivity contribution < 1.29 is 56.6 Å². The third-order valence-electron chi connectivity index (χ3n) is 14.0. The molecule has 4 heterocycles. The fourth-order valence-corrected chi connectivity index (χ4v) is 10.8. The van der Waals surface area contributed by atoms with Gasteiger partial charge in [-0.25, -0.2) is 20.7 Å². The van der Waals surface area contributed by atoms with E-state index in [2.05, 4.69) is 16.8 Å². The van der Waals surface area contributed by atoms with Crippen LogP contribution in [0.1, 0.15) is 187 Å². The molecule has 1 unspecified atom stereocenters. The van der Waals surface area contributed by atoms with Gasteiger partial charge in [-0.05, 0) is 64.3 Å². The van der Waals surface area contributed by atoms with Crippen LogP contribution in [0.2, 0.25) is 0 Å². The molecule has 22 heteroatoms. The third kappa shape index (κ3) is 18.7. The minimum atomic E-state index is -4.76. The Hall–Kier alpha value is -5.33. The van der Waals surface area contributed by atoms with Crippen LogP contribution >= 0.6 is 7.82 Å². The second-order valence-electron chi connectivity index (χ2n) is 20.2. The van der Waals surface area contributed by atoms with E-state index in [1.807, 2.05) is 6.92 Å². The van der Waals surface area contributed by atoms with Gasteiger partial charge in [0.05, 0.1) is 26.2 Å². The molecule has 0 amide bonds. The topological polar surface area (TPSA) is 256 Å². The van der Waals surface area contributed by atoms with Crippen LogP contribution in [0.4, 0.5) is 0 Å². The highest BCUT2D eigenvalue weighted by Crippen LogP contribution is 2.53. The van der Waals surface area contributed by atoms with Gasteiger partial charge < -0.3 is 33.7 Å². The summed E-state index contributed by atoms with van der Waals surface area (Å²) >= 11 is 0. The number of Topliss-reactive ketones (excluding diaryl/α,β-unsaturated/α-hetero) is 1. The molecule has 21 nitrogen and oxygen atoms in total. The van der Waals surface area contributed by atoms with E-state index in [9.17, 15) is 43.2 Å². The molecule has 2 N–H and O–H groups in total. The van der Waals surface area contributed by atoms with E-state index in [1.54, 1.807) is 13.0 Å². The van der Waals surface area contributed by atoms with Crippen molar-refractivity contribution in [1.82, 2.24) is 18.7 Å². The standard InChI is InChI=1S/C55H80N5O16P/c1-8-9-10-11-12-13-14-15-16-17-18-19-20-21-22-23-27-70-43-30-42(29-37(2)41(43)6)53(66)60-52(65)39(4)34-59(55(60)68)49-31-44(75-50(63)25-24-40(5)62)47(74-49)36-72-77(69,71-28-26-56-7)76-45-32-48(73-46(45)35-61)58-33-38(3)51(64)57-54(58)67/h29-30,33-34,44-49,61H,8-28,31-32,35-36H2,1-6H3,(H,57,64,67)/t44-,45-,46-,47-,48-,49-,77?/m1/s1. The highest BCUT2D eigenvalue weighted by atomic mass is 31.2. The van der Waals surface area contributed by atoms with Gasteiger partial charge in [0.1, 0.15) is 55.0 Å². The van der Waals surface area contributed by atoms with E-state index in [0.29, 0.717) is 22.5 Å². The molecule has 7 atom stereocenters. The zero-order valence-corrected chi connectivity index (χ0v) is 46.7. The zero-order chi connectivity index (χ0) is 56.1. The molecule has 3 aromatic rings. The first-order chi connectivity index (χ1) is 36.9. The van der Waals surface area contributed by atoms with Crippen molar-refractivity contribution in [3.63, 3.8) is 0 Å². The molecule has 2 aromatic heterocycles. The van der Waals surface area contributed by atoms with Crippen molar-refractivity contribution in [3.8, 4) is 5.75 Å². The Labute approximate surface area is 450 Å². The van der Waals surface area contributed by atoms with E-state index >= 15 is 0 Å². The molecule has 1 aromatic carbocycles. The minimum Gasteiger partial charge on any atom is -0.493 e. The van der Waals surface area contributed by atoms with Gasteiger partial charge in [0.25, 0.3) is 17.0 Å². The van der Waals surface area contributed by atoms with Crippen LogP contribution in [0.5, 0.6) is 5.75 Å². The number of aromatic amines is 1. The number of hydrogen-bond donors (Lipinski definition) is 2. The van der Waals surface area contributed by atoms with Crippen LogP contribution in [-0.4, -0.2) is 98.8 Å². The number of H-pyrrole nitrogens is 1. The average molecular weight is 1100 g/mol. The number of nitrogens with zero attached hydrogens (tertiary/aromatic N) is 4. The number of phosphoric ester groups is 1. The molecule has 0 aliphatic carbocycles.